The second kappa shape index (κ2) is 6.65. The van der Waals surface area contributed by atoms with Crippen molar-refractivity contribution in [3.8, 4) is 0 Å². The number of pyridine rings is 1. The highest BCUT2D eigenvalue weighted by Crippen LogP contribution is 2.06. The fourth-order valence-electron chi connectivity index (χ4n) is 1.85. The maximum atomic E-state index is 11.8. The molecule has 2 amide bonds. The smallest absolute Gasteiger partial charge is 0.315 e. The number of nitrogens with one attached hydrogen (secondary N) is 2. The summed E-state index contributed by atoms with van der Waals surface area (Å²) < 4.78 is 1.78. The van der Waals surface area contributed by atoms with Crippen LogP contribution < -0.4 is 10.6 Å². The van der Waals surface area contributed by atoms with E-state index in [4.69, 9.17) is 0 Å². The number of carbonyl (C=O) groups excluding carboxylic acids is 1. The van der Waals surface area contributed by atoms with E-state index in [1.807, 2.05) is 32.2 Å². The van der Waals surface area contributed by atoms with Gasteiger partial charge in [0.25, 0.3) is 0 Å². The number of hydrogen-bond acceptors (Lipinski definition) is 4. The van der Waals surface area contributed by atoms with Crippen molar-refractivity contribution in [2.75, 3.05) is 6.54 Å². The van der Waals surface area contributed by atoms with Crippen LogP contribution in [0.15, 0.2) is 30.7 Å². The van der Waals surface area contributed by atoms with Crippen molar-refractivity contribution < 1.29 is 4.79 Å². The molecule has 0 fully saturated rings. The number of rotatable bonds is 5. The molecule has 0 saturated heterocycles. The molecule has 106 valence electrons. The molecule has 20 heavy (non-hydrogen) atoms. The number of hydrogen-bond donors (Lipinski definition) is 2. The van der Waals surface area contributed by atoms with E-state index >= 15 is 0 Å². The van der Waals surface area contributed by atoms with Gasteiger partial charge in [0.1, 0.15) is 6.33 Å². The van der Waals surface area contributed by atoms with Gasteiger partial charge in [-0.05, 0) is 19.1 Å². The zero-order chi connectivity index (χ0) is 14.4. The normalized spacial score (nSPS) is 11.9. The molecular formula is C13H18N6O. The largest absolute Gasteiger partial charge is 0.338 e. The number of aryl methyl sites for hydroxylation is 1. The maximum absolute atomic E-state index is 11.8. The van der Waals surface area contributed by atoms with Gasteiger partial charge in [0.2, 0.25) is 0 Å². The van der Waals surface area contributed by atoms with Gasteiger partial charge in [-0.3, -0.25) is 4.98 Å². The summed E-state index contributed by atoms with van der Waals surface area (Å²) in [6, 6.07) is 5.31. The molecule has 0 aromatic carbocycles. The molecule has 1 atom stereocenters. The molecule has 2 heterocycles. The van der Waals surface area contributed by atoms with Crippen LogP contribution >= 0.6 is 0 Å². The van der Waals surface area contributed by atoms with Gasteiger partial charge in [0.05, 0.1) is 6.04 Å². The zero-order valence-corrected chi connectivity index (χ0v) is 11.6. The highest BCUT2D eigenvalue weighted by molar-refractivity contribution is 5.74. The molecule has 2 aromatic heterocycles. The third kappa shape index (κ3) is 3.78. The van der Waals surface area contributed by atoms with Crippen LogP contribution in [0.5, 0.6) is 0 Å². The summed E-state index contributed by atoms with van der Waals surface area (Å²) in [7, 11) is 1.84. The Balaban J connectivity index is 1.74. The lowest BCUT2D eigenvalue weighted by molar-refractivity contribution is 0.237. The minimum Gasteiger partial charge on any atom is -0.338 e. The van der Waals surface area contributed by atoms with Crippen molar-refractivity contribution >= 4 is 6.03 Å². The Kier molecular flexibility index (Phi) is 4.65. The molecule has 0 unspecified atom stereocenters. The van der Waals surface area contributed by atoms with Crippen LogP contribution in [0.25, 0.3) is 0 Å². The van der Waals surface area contributed by atoms with Gasteiger partial charge in [0, 0.05) is 31.9 Å². The number of nitrogens with zero attached hydrogens (tertiary/aromatic N) is 4. The molecule has 0 aliphatic heterocycles. The molecule has 0 saturated carbocycles. The van der Waals surface area contributed by atoms with Gasteiger partial charge in [-0.15, -0.1) is 10.2 Å². The van der Waals surface area contributed by atoms with E-state index in [1.54, 1.807) is 17.1 Å². The fraction of sp³-hybridized carbons (Fsp3) is 0.385. The molecule has 2 rings (SSSR count). The van der Waals surface area contributed by atoms with E-state index in [2.05, 4.69) is 25.8 Å². The zero-order valence-electron chi connectivity index (χ0n) is 11.6. The molecule has 0 spiro atoms. The van der Waals surface area contributed by atoms with Crippen molar-refractivity contribution in [1.82, 2.24) is 30.4 Å². The van der Waals surface area contributed by atoms with Crippen LogP contribution in [-0.4, -0.2) is 32.3 Å². The Morgan fingerprint density at radius 1 is 1.45 bits per heavy atom. The van der Waals surface area contributed by atoms with Gasteiger partial charge in [0.15, 0.2) is 5.82 Å². The van der Waals surface area contributed by atoms with Crippen LogP contribution in [-0.2, 0) is 13.5 Å². The van der Waals surface area contributed by atoms with Gasteiger partial charge in [-0.1, -0.05) is 6.07 Å². The van der Waals surface area contributed by atoms with Gasteiger partial charge < -0.3 is 15.2 Å². The first-order valence-electron chi connectivity index (χ1n) is 6.45. The van der Waals surface area contributed by atoms with Crippen molar-refractivity contribution in [2.45, 2.75) is 19.4 Å². The molecule has 0 radical (unpaired) electrons. The maximum Gasteiger partial charge on any atom is 0.315 e. The standard InChI is InChI=1S/C13H18N6O/c1-10(12-18-16-9-19(12)2)17-13(20)15-8-6-11-5-3-4-7-14-11/h3-5,7,9-10H,6,8H2,1-2H3,(H2,15,17,20)/t10-/m0/s1. The van der Waals surface area contributed by atoms with Gasteiger partial charge in [-0.2, -0.15) is 0 Å². The minimum atomic E-state index is -0.226. The molecule has 0 aliphatic carbocycles. The highest BCUT2D eigenvalue weighted by atomic mass is 16.2. The van der Waals surface area contributed by atoms with Gasteiger partial charge >= 0.3 is 6.03 Å². The topological polar surface area (TPSA) is 84.7 Å². The van der Waals surface area contributed by atoms with E-state index < -0.39 is 0 Å². The Morgan fingerprint density at radius 3 is 2.95 bits per heavy atom. The monoisotopic (exact) mass is 274 g/mol. The van der Waals surface area contributed by atoms with Crippen molar-refractivity contribution in [3.05, 3.63) is 42.2 Å². The predicted octanol–water partition coefficient (Wildman–Crippen LogP) is 0.813. The van der Waals surface area contributed by atoms with E-state index in [-0.39, 0.29) is 12.1 Å². The SMILES string of the molecule is C[C@H](NC(=O)NCCc1ccccn1)c1nncn1C. The van der Waals surface area contributed by atoms with Crippen LogP contribution in [0.4, 0.5) is 4.79 Å². The first-order valence-corrected chi connectivity index (χ1v) is 6.45. The predicted molar refractivity (Wildman–Crippen MR) is 73.9 cm³/mol. The molecular weight excluding hydrogens is 256 g/mol. The van der Waals surface area contributed by atoms with Crippen LogP contribution in [0.2, 0.25) is 0 Å². The average molecular weight is 274 g/mol. The highest BCUT2D eigenvalue weighted by Gasteiger charge is 2.13. The van der Waals surface area contributed by atoms with Crippen LogP contribution in [0, 0.1) is 0 Å². The number of amides is 2. The van der Waals surface area contributed by atoms with Crippen molar-refractivity contribution in [3.63, 3.8) is 0 Å². The lowest BCUT2D eigenvalue weighted by Gasteiger charge is -2.13. The molecule has 0 aliphatic rings. The molecule has 7 nitrogen and oxygen atoms in total. The number of urea groups is 1. The van der Waals surface area contributed by atoms with Crippen molar-refractivity contribution in [1.29, 1.82) is 0 Å². The van der Waals surface area contributed by atoms with E-state index in [1.165, 1.54) is 0 Å². The summed E-state index contributed by atoms with van der Waals surface area (Å²) in [6.07, 6.45) is 4.05. The molecule has 7 heteroatoms. The summed E-state index contributed by atoms with van der Waals surface area (Å²) in [5.74, 6) is 0.713. The molecule has 2 aromatic rings. The lowest BCUT2D eigenvalue weighted by Crippen LogP contribution is -2.38. The third-order valence-electron chi connectivity index (χ3n) is 2.87. The summed E-state index contributed by atoms with van der Waals surface area (Å²) in [5, 5.41) is 13.4. The van der Waals surface area contributed by atoms with Gasteiger partial charge in [-0.25, -0.2) is 4.79 Å². The summed E-state index contributed by atoms with van der Waals surface area (Å²) in [4.78, 5) is 15.9. The summed E-state index contributed by atoms with van der Waals surface area (Å²) in [6.45, 7) is 2.40. The Morgan fingerprint density at radius 2 is 2.30 bits per heavy atom. The first kappa shape index (κ1) is 14.0. The third-order valence-corrected chi connectivity index (χ3v) is 2.87. The van der Waals surface area contributed by atoms with Crippen LogP contribution in [0.3, 0.4) is 0 Å². The summed E-state index contributed by atoms with van der Waals surface area (Å²) in [5.41, 5.74) is 0.953. The van der Waals surface area contributed by atoms with E-state index in [0.717, 1.165) is 5.69 Å². The van der Waals surface area contributed by atoms with Crippen molar-refractivity contribution in [2.24, 2.45) is 7.05 Å². The second-order valence-corrected chi connectivity index (χ2v) is 4.49. The summed E-state index contributed by atoms with van der Waals surface area (Å²) >= 11 is 0. The number of carbonyl (C=O) groups is 1. The first-order chi connectivity index (χ1) is 9.66. The lowest BCUT2D eigenvalue weighted by atomic mass is 10.3. The minimum absolute atomic E-state index is 0.197. The van der Waals surface area contributed by atoms with Crippen LogP contribution in [0.1, 0.15) is 24.5 Å². The average Bonchev–Trinajstić information content (AvgIpc) is 2.86. The number of aromatic nitrogens is 4. The molecule has 0 bridgehead atoms. The Labute approximate surface area is 117 Å². The quantitative estimate of drug-likeness (QED) is 0.845. The van der Waals surface area contributed by atoms with E-state index in [9.17, 15) is 4.79 Å². The Hall–Kier alpha value is -2.44. The van der Waals surface area contributed by atoms with E-state index in [0.29, 0.717) is 18.8 Å². The Bertz CT molecular complexity index is 553. The second-order valence-electron chi connectivity index (χ2n) is 4.49. The molecule has 2 N–H and O–H groups in total. The fourth-order valence-corrected chi connectivity index (χ4v) is 1.85.